The Balaban J connectivity index is 1.39. The summed E-state index contributed by atoms with van der Waals surface area (Å²) in [6, 6.07) is 13.6. The van der Waals surface area contributed by atoms with Crippen molar-refractivity contribution in [3.63, 3.8) is 0 Å². The van der Waals surface area contributed by atoms with Gasteiger partial charge in [-0.15, -0.1) is 0 Å². The summed E-state index contributed by atoms with van der Waals surface area (Å²) in [4.78, 5) is 7.26. The smallest absolute Gasteiger partial charge is 0.129 e. The van der Waals surface area contributed by atoms with Gasteiger partial charge < -0.3 is 10.2 Å². The molecule has 1 aliphatic heterocycles. The predicted octanol–water partition coefficient (Wildman–Crippen LogP) is 3.20. The molecular weight excluding hydrogens is 258 g/mol. The maximum Gasteiger partial charge on any atom is 0.129 e. The third-order valence-corrected chi connectivity index (χ3v) is 4.79. The number of benzene rings is 1. The van der Waals surface area contributed by atoms with E-state index in [-0.39, 0.29) is 0 Å². The molecule has 110 valence electrons. The molecule has 1 aliphatic carbocycles. The monoisotopic (exact) mass is 281 g/mol. The largest absolute Gasteiger partial charge is 0.357 e. The summed E-state index contributed by atoms with van der Waals surface area (Å²) in [6.45, 7) is 3.49. The van der Waals surface area contributed by atoms with Crippen LogP contribution in [0.1, 0.15) is 25.7 Å². The van der Waals surface area contributed by atoms with Crippen molar-refractivity contribution in [2.24, 2.45) is 5.92 Å². The van der Waals surface area contributed by atoms with Gasteiger partial charge in [0.15, 0.2) is 0 Å². The SMILES string of the molecule is c1ccc2nc(N3CCC(CNC4CC4)CC3)ccc2c1. The lowest BCUT2D eigenvalue weighted by Crippen LogP contribution is -2.38. The zero-order chi connectivity index (χ0) is 14.1. The maximum atomic E-state index is 4.82. The fraction of sp³-hybridized carbons (Fsp3) is 0.500. The lowest BCUT2D eigenvalue weighted by molar-refractivity contribution is 0.381. The first kappa shape index (κ1) is 13.1. The number of hydrogen-bond acceptors (Lipinski definition) is 3. The van der Waals surface area contributed by atoms with E-state index in [1.54, 1.807) is 0 Å². The van der Waals surface area contributed by atoms with Crippen molar-refractivity contribution in [3.8, 4) is 0 Å². The van der Waals surface area contributed by atoms with Gasteiger partial charge in [-0.25, -0.2) is 4.98 Å². The van der Waals surface area contributed by atoms with Gasteiger partial charge >= 0.3 is 0 Å². The first-order valence-corrected chi connectivity index (χ1v) is 8.22. The van der Waals surface area contributed by atoms with E-state index in [1.165, 1.54) is 37.6 Å². The van der Waals surface area contributed by atoms with E-state index in [0.29, 0.717) is 0 Å². The van der Waals surface area contributed by atoms with Crippen LogP contribution in [-0.4, -0.2) is 30.7 Å². The Kier molecular flexibility index (Phi) is 3.52. The van der Waals surface area contributed by atoms with Crippen LogP contribution in [0.5, 0.6) is 0 Å². The normalized spacial score (nSPS) is 20.1. The molecule has 2 aromatic rings. The van der Waals surface area contributed by atoms with E-state index in [4.69, 9.17) is 4.98 Å². The molecule has 3 nitrogen and oxygen atoms in total. The number of hydrogen-bond donors (Lipinski definition) is 1. The fourth-order valence-electron chi connectivity index (χ4n) is 3.22. The van der Waals surface area contributed by atoms with Gasteiger partial charge in [-0.3, -0.25) is 0 Å². The number of nitrogens with one attached hydrogen (secondary N) is 1. The molecule has 0 atom stereocenters. The summed E-state index contributed by atoms with van der Waals surface area (Å²) in [5, 5.41) is 4.90. The highest BCUT2D eigenvalue weighted by molar-refractivity contribution is 5.80. The Labute approximate surface area is 126 Å². The number of nitrogens with zero attached hydrogens (tertiary/aromatic N) is 2. The molecule has 1 aromatic carbocycles. The van der Waals surface area contributed by atoms with Crippen molar-refractivity contribution >= 4 is 16.7 Å². The number of para-hydroxylation sites is 1. The maximum absolute atomic E-state index is 4.82. The topological polar surface area (TPSA) is 28.2 Å². The molecule has 2 aliphatic rings. The minimum atomic E-state index is 0.838. The second-order valence-corrected chi connectivity index (χ2v) is 6.48. The van der Waals surface area contributed by atoms with E-state index in [2.05, 4.69) is 46.6 Å². The van der Waals surface area contributed by atoms with E-state index in [0.717, 1.165) is 36.4 Å². The summed E-state index contributed by atoms with van der Waals surface area (Å²) in [6.07, 6.45) is 5.35. The minimum absolute atomic E-state index is 0.838. The minimum Gasteiger partial charge on any atom is -0.357 e. The van der Waals surface area contributed by atoms with Crippen molar-refractivity contribution in [1.29, 1.82) is 0 Å². The second kappa shape index (κ2) is 5.64. The van der Waals surface area contributed by atoms with E-state index in [9.17, 15) is 0 Å². The second-order valence-electron chi connectivity index (χ2n) is 6.48. The summed E-state index contributed by atoms with van der Waals surface area (Å²) in [7, 11) is 0. The van der Waals surface area contributed by atoms with Crippen molar-refractivity contribution in [2.75, 3.05) is 24.5 Å². The molecule has 0 radical (unpaired) electrons. The summed E-state index contributed by atoms with van der Waals surface area (Å²) in [5.41, 5.74) is 1.10. The Morgan fingerprint density at radius 2 is 1.81 bits per heavy atom. The summed E-state index contributed by atoms with van der Waals surface area (Å²) in [5.74, 6) is 1.99. The Hall–Kier alpha value is -1.61. The molecule has 2 heterocycles. The van der Waals surface area contributed by atoms with Crippen LogP contribution in [0, 0.1) is 5.92 Å². The molecule has 0 spiro atoms. The number of rotatable bonds is 4. The van der Waals surface area contributed by atoms with E-state index < -0.39 is 0 Å². The zero-order valence-corrected chi connectivity index (χ0v) is 12.5. The number of pyridine rings is 1. The van der Waals surface area contributed by atoms with Crippen LogP contribution in [0.2, 0.25) is 0 Å². The van der Waals surface area contributed by atoms with Crippen LogP contribution in [0.25, 0.3) is 10.9 Å². The van der Waals surface area contributed by atoms with Crippen molar-refractivity contribution in [2.45, 2.75) is 31.7 Å². The third-order valence-electron chi connectivity index (χ3n) is 4.79. The van der Waals surface area contributed by atoms with Crippen molar-refractivity contribution in [1.82, 2.24) is 10.3 Å². The first-order chi connectivity index (χ1) is 10.4. The van der Waals surface area contributed by atoms with Crippen LogP contribution < -0.4 is 10.2 Å². The molecule has 21 heavy (non-hydrogen) atoms. The number of aromatic nitrogens is 1. The van der Waals surface area contributed by atoms with Gasteiger partial charge in [0, 0.05) is 24.5 Å². The van der Waals surface area contributed by atoms with Crippen LogP contribution in [0.4, 0.5) is 5.82 Å². The Morgan fingerprint density at radius 3 is 2.62 bits per heavy atom. The molecule has 1 saturated heterocycles. The lowest BCUT2D eigenvalue weighted by atomic mass is 9.96. The zero-order valence-electron chi connectivity index (χ0n) is 12.5. The number of fused-ring (bicyclic) bond motifs is 1. The molecule has 1 N–H and O–H groups in total. The Bertz CT molecular complexity index is 613. The lowest BCUT2D eigenvalue weighted by Gasteiger charge is -2.33. The average Bonchev–Trinajstić information content (AvgIpc) is 3.37. The molecule has 4 rings (SSSR count). The van der Waals surface area contributed by atoms with Crippen LogP contribution >= 0.6 is 0 Å². The molecule has 2 fully saturated rings. The van der Waals surface area contributed by atoms with E-state index in [1.807, 2.05) is 0 Å². The van der Waals surface area contributed by atoms with Crippen molar-refractivity contribution in [3.05, 3.63) is 36.4 Å². The van der Waals surface area contributed by atoms with E-state index >= 15 is 0 Å². The third kappa shape index (κ3) is 3.03. The van der Waals surface area contributed by atoms with Crippen molar-refractivity contribution < 1.29 is 0 Å². The molecule has 1 saturated carbocycles. The first-order valence-electron chi connectivity index (χ1n) is 8.22. The predicted molar refractivity (Wildman–Crippen MR) is 87.7 cm³/mol. The molecule has 0 bridgehead atoms. The molecule has 0 unspecified atom stereocenters. The van der Waals surface area contributed by atoms with Gasteiger partial charge in [-0.1, -0.05) is 18.2 Å². The highest BCUT2D eigenvalue weighted by atomic mass is 15.2. The Morgan fingerprint density at radius 1 is 1.00 bits per heavy atom. The van der Waals surface area contributed by atoms with Gasteiger partial charge in [0.05, 0.1) is 5.52 Å². The van der Waals surface area contributed by atoms with Gasteiger partial charge in [0.25, 0.3) is 0 Å². The fourth-order valence-corrected chi connectivity index (χ4v) is 3.22. The van der Waals surface area contributed by atoms with Gasteiger partial charge in [-0.2, -0.15) is 0 Å². The molecule has 1 aromatic heterocycles. The summed E-state index contributed by atoms with van der Waals surface area (Å²) < 4.78 is 0. The molecule has 3 heteroatoms. The van der Waals surface area contributed by atoms with Gasteiger partial charge in [-0.05, 0) is 56.3 Å². The van der Waals surface area contributed by atoms with Crippen LogP contribution in [0.15, 0.2) is 36.4 Å². The molecular formula is C18H23N3. The van der Waals surface area contributed by atoms with Gasteiger partial charge in [0.2, 0.25) is 0 Å². The van der Waals surface area contributed by atoms with Gasteiger partial charge in [0.1, 0.15) is 5.82 Å². The highest BCUT2D eigenvalue weighted by Crippen LogP contribution is 2.25. The number of piperidine rings is 1. The number of anilines is 1. The quantitative estimate of drug-likeness (QED) is 0.933. The standard InChI is InChI=1S/C18H23N3/c1-2-4-17-15(3-1)5-8-18(20-17)21-11-9-14(10-12-21)13-19-16-6-7-16/h1-5,8,14,16,19H,6-7,9-13H2. The highest BCUT2D eigenvalue weighted by Gasteiger charge is 2.24. The van der Waals surface area contributed by atoms with Crippen LogP contribution in [-0.2, 0) is 0 Å². The summed E-state index contributed by atoms with van der Waals surface area (Å²) >= 11 is 0. The average molecular weight is 281 g/mol. The van der Waals surface area contributed by atoms with Crippen LogP contribution in [0.3, 0.4) is 0 Å². The molecule has 0 amide bonds.